The third-order valence-electron chi connectivity index (χ3n) is 6.28. The number of fused-ring (bicyclic) bond motifs is 1. The summed E-state index contributed by atoms with van der Waals surface area (Å²) in [6.45, 7) is 3.67. The molecule has 6 rings (SSSR count). The molecule has 0 unspecified atom stereocenters. The summed E-state index contributed by atoms with van der Waals surface area (Å²) >= 11 is 0. The number of nitrogens with zero attached hydrogens (tertiary/aromatic N) is 5. The number of ether oxygens (including phenoxy) is 2. The third-order valence-corrected chi connectivity index (χ3v) is 6.28. The maximum Gasteiger partial charge on any atom is 0.144 e. The second-order valence-corrected chi connectivity index (χ2v) is 8.54. The minimum Gasteiger partial charge on any atom is -0.495 e. The van der Waals surface area contributed by atoms with Crippen molar-refractivity contribution in [3.05, 3.63) is 55.0 Å². The van der Waals surface area contributed by atoms with Crippen LogP contribution in [-0.4, -0.2) is 53.2 Å². The molecule has 0 atom stereocenters. The number of benzene rings is 2. The van der Waals surface area contributed by atoms with Gasteiger partial charge in [0.1, 0.15) is 17.8 Å². The van der Waals surface area contributed by atoms with Gasteiger partial charge in [-0.1, -0.05) is 30.3 Å². The number of anilines is 1. The molecule has 2 aliphatic heterocycles. The van der Waals surface area contributed by atoms with E-state index in [-0.39, 0.29) is 0 Å². The Kier molecular flexibility index (Phi) is 4.01. The fourth-order valence-corrected chi connectivity index (χ4v) is 4.68. The molecule has 2 aromatic heterocycles. The van der Waals surface area contributed by atoms with Gasteiger partial charge in [-0.3, -0.25) is 4.68 Å². The van der Waals surface area contributed by atoms with Crippen LogP contribution in [0.4, 0.5) is 5.69 Å². The van der Waals surface area contributed by atoms with E-state index in [1.165, 1.54) is 0 Å². The summed E-state index contributed by atoms with van der Waals surface area (Å²) in [5, 5.41) is 5.72. The minimum atomic E-state index is 0.319. The van der Waals surface area contributed by atoms with Crippen molar-refractivity contribution < 1.29 is 9.47 Å². The molecule has 7 nitrogen and oxygen atoms in total. The van der Waals surface area contributed by atoms with Crippen LogP contribution >= 0.6 is 0 Å². The third kappa shape index (κ3) is 2.88. The van der Waals surface area contributed by atoms with Gasteiger partial charge in [-0.05, 0) is 6.07 Å². The summed E-state index contributed by atoms with van der Waals surface area (Å²) in [4.78, 5) is 11.6. The molecule has 0 bridgehead atoms. The van der Waals surface area contributed by atoms with Crippen molar-refractivity contribution in [2.45, 2.75) is 0 Å². The first-order valence-corrected chi connectivity index (χ1v) is 10.4. The summed E-state index contributed by atoms with van der Waals surface area (Å²) in [6, 6.07) is 14.4. The zero-order chi connectivity index (χ0) is 21.0. The summed E-state index contributed by atoms with van der Waals surface area (Å²) in [5.41, 5.74) is 6.10. The zero-order valence-corrected chi connectivity index (χ0v) is 17.6. The van der Waals surface area contributed by atoms with Crippen LogP contribution < -0.4 is 9.64 Å². The van der Waals surface area contributed by atoms with Gasteiger partial charge in [0.05, 0.1) is 42.6 Å². The fraction of sp³-hybridized carbons (Fsp3) is 0.292. The molecule has 0 aliphatic carbocycles. The van der Waals surface area contributed by atoms with Crippen molar-refractivity contribution in [2.75, 3.05) is 38.3 Å². The molecule has 2 fully saturated rings. The highest BCUT2D eigenvalue weighted by Crippen LogP contribution is 2.45. The molecule has 1 spiro atoms. The largest absolute Gasteiger partial charge is 0.495 e. The van der Waals surface area contributed by atoms with Gasteiger partial charge in [0.2, 0.25) is 0 Å². The SMILES string of the molecule is COc1cc2ncnc(-c3cn(C)nc3-c3ccccc3)c2cc1N1CC2(COC2)C1. The first kappa shape index (κ1) is 18.3. The van der Waals surface area contributed by atoms with E-state index in [2.05, 4.69) is 33.1 Å². The summed E-state index contributed by atoms with van der Waals surface area (Å²) in [5.74, 6) is 0.835. The second-order valence-electron chi connectivity index (χ2n) is 8.54. The minimum absolute atomic E-state index is 0.319. The van der Waals surface area contributed by atoms with E-state index in [4.69, 9.17) is 14.6 Å². The first-order chi connectivity index (χ1) is 15.2. The summed E-state index contributed by atoms with van der Waals surface area (Å²) < 4.78 is 13.0. The van der Waals surface area contributed by atoms with Crippen LogP contribution in [-0.2, 0) is 11.8 Å². The van der Waals surface area contributed by atoms with E-state index in [9.17, 15) is 0 Å². The number of methoxy groups -OCH3 is 1. The Bertz CT molecular complexity index is 1270. The van der Waals surface area contributed by atoms with E-state index in [1.807, 2.05) is 42.2 Å². The van der Waals surface area contributed by atoms with Gasteiger partial charge in [-0.25, -0.2) is 9.97 Å². The second kappa shape index (κ2) is 6.78. The van der Waals surface area contributed by atoms with Crippen LogP contribution in [0.15, 0.2) is 55.0 Å². The number of aryl methyl sites for hydroxylation is 1. The normalized spacial score (nSPS) is 16.9. The summed E-state index contributed by atoms with van der Waals surface area (Å²) in [6.07, 6.45) is 3.64. The molecule has 0 N–H and O–H groups in total. The Morgan fingerprint density at radius 2 is 1.84 bits per heavy atom. The molecule has 31 heavy (non-hydrogen) atoms. The molecule has 156 valence electrons. The van der Waals surface area contributed by atoms with Crippen molar-refractivity contribution in [2.24, 2.45) is 12.5 Å². The lowest BCUT2D eigenvalue weighted by Gasteiger charge is -2.56. The topological polar surface area (TPSA) is 65.3 Å². The Hall–Kier alpha value is -3.45. The van der Waals surface area contributed by atoms with Crippen molar-refractivity contribution in [1.29, 1.82) is 0 Å². The quantitative estimate of drug-likeness (QED) is 0.510. The van der Waals surface area contributed by atoms with Gasteiger partial charge in [-0.15, -0.1) is 0 Å². The molecule has 4 heterocycles. The van der Waals surface area contributed by atoms with E-state index >= 15 is 0 Å². The van der Waals surface area contributed by atoms with Gasteiger partial charge in [0.25, 0.3) is 0 Å². The Balaban J connectivity index is 1.50. The standard InChI is InChI=1S/C24H23N5O2/c1-28-10-18(22(27-28)16-6-4-3-5-7-16)23-17-8-20(29-11-24(12-29)13-31-14-24)21(30-2)9-19(17)25-15-26-23/h3-10,15H,11-14H2,1-2H3. The number of hydrogen-bond donors (Lipinski definition) is 0. The molecule has 4 aromatic rings. The van der Waals surface area contributed by atoms with Gasteiger partial charge >= 0.3 is 0 Å². The highest BCUT2D eigenvalue weighted by Gasteiger charge is 2.49. The van der Waals surface area contributed by atoms with Crippen LogP contribution in [0, 0.1) is 5.41 Å². The molecule has 0 saturated carbocycles. The van der Waals surface area contributed by atoms with Crippen LogP contribution in [0.25, 0.3) is 33.4 Å². The average molecular weight is 413 g/mol. The lowest BCUT2D eigenvalue weighted by atomic mass is 9.77. The molecular formula is C24H23N5O2. The van der Waals surface area contributed by atoms with Crippen LogP contribution in [0.1, 0.15) is 0 Å². The lowest BCUT2D eigenvalue weighted by molar-refractivity contribution is -0.127. The molecule has 7 heteroatoms. The van der Waals surface area contributed by atoms with Crippen LogP contribution in [0.2, 0.25) is 0 Å². The first-order valence-electron chi connectivity index (χ1n) is 10.4. The van der Waals surface area contributed by atoms with Crippen molar-refractivity contribution in [1.82, 2.24) is 19.7 Å². The molecule has 2 aromatic carbocycles. The van der Waals surface area contributed by atoms with Crippen molar-refractivity contribution in [3.8, 4) is 28.3 Å². The van der Waals surface area contributed by atoms with Crippen LogP contribution in [0.5, 0.6) is 5.75 Å². The lowest BCUT2D eigenvalue weighted by Crippen LogP contribution is -2.66. The molecule has 0 amide bonds. The zero-order valence-electron chi connectivity index (χ0n) is 17.6. The van der Waals surface area contributed by atoms with Crippen molar-refractivity contribution in [3.63, 3.8) is 0 Å². The monoisotopic (exact) mass is 413 g/mol. The van der Waals surface area contributed by atoms with Crippen LogP contribution in [0.3, 0.4) is 0 Å². The van der Waals surface area contributed by atoms with Gasteiger partial charge in [0, 0.05) is 48.9 Å². The average Bonchev–Trinajstić information content (AvgIpc) is 3.13. The molecular weight excluding hydrogens is 390 g/mol. The predicted molar refractivity (Wildman–Crippen MR) is 119 cm³/mol. The van der Waals surface area contributed by atoms with Gasteiger partial charge < -0.3 is 14.4 Å². The fourth-order valence-electron chi connectivity index (χ4n) is 4.68. The van der Waals surface area contributed by atoms with Gasteiger partial charge in [0.15, 0.2) is 0 Å². The Labute approximate surface area is 180 Å². The number of rotatable bonds is 4. The summed E-state index contributed by atoms with van der Waals surface area (Å²) in [7, 11) is 3.65. The maximum atomic E-state index is 5.72. The smallest absolute Gasteiger partial charge is 0.144 e. The number of hydrogen-bond acceptors (Lipinski definition) is 6. The molecule has 2 saturated heterocycles. The Morgan fingerprint density at radius 3 is 2.55 bits per heavy atom. The van der Waals surface area contributed by atoms with Gasteiger partial charge in [-0.2, -0.15) is 5.10 Å². The highest BCUT2D eigenvalue weighted by molar-refractivity contribution is 5.98. The maximum absolute atomic E-state index is 5.72. The van der Waals surface area contributed by atoms with Crippen molar-refractivity contribution >= 4 is 16.6 Å². The number of aromatic nitrogens is 4. The molecule has 2 aliphatic rings. The molecule has 0 radical (unpaired) electrons. The Morgan fingerprint density at radius 1 is 1.03 bits per heavy atom. The highest BCUT2D eigenvalue weighted by atomic mass is 16.5. The predicted octanol–water partition coefficient (Wildman–Crippen LogP) is 3.54. The van der Waals surface area contributed by atoms with E-state index in [0.717, 1.165) is 71.2 Å². The van der Waals surface area contributed by atoms with E-state index in [1.54, 1.807) is 13.4 Å². The van der Waals surface area contributed by atoms with E-state index < -0.39 is 0 Å². The van der Waals surface area contributed by atoms with E-state index in [0.29, 0.717) is 5.41 Å².